The number of hydrogen-bond acceptors (Lipinski definition) is 4. The minimum absolute atomic E-state index is 0.116. The summed E-state index contributed by atoms with van der Waals surface area (Å²) < 4.78 is 0.116. The molecule has 0 radical (unpaired) electrons. The number of benzene rings is 1. The van der Waals surface area contributed by atoms with Gasteiger partial charge in [0.15, 0.2) is 0 Å². The Kier molecular flexibility index (Phi) is 4.03. The Bertz CT molecular complexity index is 590. The van der Waals surface area contributed by atoms with Crippen molar-refractivity contribution in [2.24, 2.45) is 5.73 Å². The van der Waals surface area contributed by atoms with E-state index in [9.17, 15) is 19.7 Å². The lowest BCUT2D eigenvalue weighted by atomic mass is 10.1. The largest absolute Gasteiger partial charge is 0.368 e. The third-order valence-corrected chi connectivity index (χ3v) is 4.08. The summed E-state index contributed by atoms with van der Waals surface area (Å²) in [5.74, 6) is -0.987. The second-order valence-corrected chi connectivity index (χ2v) is 5.25. The number of likely N-dealkylation sites (tertiary alicyclic amines) is 1. The molecule has 0 aliphatic carbocycles. The first kappa shape index (κ1) is 14.4. The van der Waals surface area contributed by atoms with Crippen molar-refractivity contribution in [2.45, 2.75) is 18.9 Å². The fourth-order valence-electron chi connectivity index (χ4n) is 2.29. The van der Waals surface area contributed by atoms with Crippen LogP contribution in [0.3, 0.4) is 0 Å². The first-order valence-corrected chi connectivity index (χ1v) is 6.76. The van der Waals surface area contributed by atoms with Crippen LogP contribution in [0.1, 0.15) is 23.2 Å². The summed E-state index contributed by atoms with van der Waals surface area (Å²) in [4.78, 5) is 35.4. The van der Waals surface area contributed by atoms with Crippen LogP contribution >= 0.6 is 15.9 Å². The third-order valence-electron chi connectivity index (χ3n) is 3.25. The average molecular weight is 342 g/mol. The molecule has 0 spiro atoms. The van der Waals surface area contributed by atoms with Gasteiger partial charge in [0.1, 0.15) is 10.5 Å². The van der Waals surface area contributed by atoms with Gasteiger partial charge in [-0.25, -0.2) is 0 Å². The molecule has 1 atom stereocenters. The molecule has 1 aliphatic heterocycles. The monoisotopic (exact) mass is 341 g/mol. The van der Waals surface area contributed by atoms with Gasteiger partial charge in [-0.3, -0.25) is 19.7 Å². The highest BCUT2D eigenvalue weighted by molar-refractivity contribution is 9.10. The molecule has 2 rings (SSSR count). The number of rotatable bonds is 3. The normalized spacial score (nSPS) is 18.1. The predicted molar refractivity (Wildman–Crippen MR) is 74.0 cm³/mol. The van der Waals surface area contributed by atoms with Crippen molar-refractivity contribution < 1.29 is 14.5 Å². The maximum atomic E-state index is 12.4. The summed E-state index contributed by atoms with van der Waals surface area (Å²) in [6, 6.07) is 3.58. The van der Waals surface area contributed by atoms with Gasteiger partial charge in [-0.2, -0.15) is 0 Å². The Morgan fingerprint density at radius 2 is 2.15 bits per heavy atom. The zero-order valence-corrected chi connectivity index (χ0v) is 12.0. The van der Waals surface area contributed by atoms with Gasteiger partial charge >= 0.3 is 0 Å². The molecule has 2 N–H and O–H groups in total. The van der Waals surface area contributed by atoms with E-state index < -0.39 is 22.8 Å². The Balaban J connectivity index is 2.37. The summed E-state index contributed by atoms with van der Waals surface area (Å²) in [5, 5.41) is 10.9. The van der Waals surface area contributed by atoms with Crippen LogP contribution in [0.5, 0.6) is 0 Å². The number of carbonyl (C=O) groups excluding carboxylic acids is 2. The molecule has 1 heterocycles. The lowest BCUT2D eigenvalue weighted by Crippen LogP contribution is -2.43. The maximum absolute atomic E-state index is 12.4. The summed E-state index contributed by atoms with van der Waals surface area (Å²) in [6.07, 6.45) is 1.21. The van der Waals surface area contributed by atoms with Gasteiger partial charge in [-0.15, -0.1) is 0 Å². The number of primary amides is 1. The van der Waals surface area contributed by atoms with Gasteiger partial charge in [-0.05, 0) is 34.8 Å². The van der Waals surface area contributed by atoms with Gasteiger partial charge in [0.05, 0.1) is 10.5 Å². The quantitative estimate of drug-likeness (QED) is 0.663. The minimum atomic E-state index is -0.645. The zero-order valence-electron chi connectivity index (χ0n) is 10.4. The Morgan fingerprint density at radius 1 is 1.45 bits per heavy atom. The number of carbonyl (C=O) groups is 2. The van der Waals surface area contributed by atoms with Crippen LogP contribution in [0.4, 0.5) is 5.69 Å². The molecule has 1 aromatic carbocycles. The number of nitrogens with two attached hydrogens (primary N) is 1. The summed E-state index contributed by atoms with van der Waals surface area (Å²) >= 11 is 3.08. The van der Waals surface area contributed by atoms with Crippen LogP contribution in [0, 0.1) is 10.1 Å². The number of hydrogen-bond donors (Lipinski definition) is 1. The minimum Gasteiger partial charge on any atom is -0.368 e. The van der Waals surface area contributed by atoms with E-state index in [2.05, 4.69) is 15.9 Å². The molecule has 2 amide bonds. The van der Waals surface area contributed by atoms with Gasteiger partial charge < -0.3 is 10.6 Å². The number of nitro benzene ring substituents is 1. The van der Waals surface area contributed by atoms with Crippen molar-refractivity contribution in [1.82, 2.24) is 4.90 Å². The van der Waals surface area contributed by atoms with E-state index in [4.69, 9.17) is 5.73 Å². The number of nitrogens with zero attached hydrogens (tertiary/aromatic N) is 2. The summed E-state index contributed by atoms with van der Waals surface area (Å²) in [5.41, 5.74) is 5.24. The van der Waals surface area contributed by atoms with Crippen LogP contribution in [0.25, 0.3) is 0 Å². The SMILES string of the molecule is NC(=O)C1CCCN1C(=O)c1cccc([N+](=O)[O-])c1Br. The van der Waals surface area contributed by atoms with E-state index in [1.165, 1.54) is 23.1 Å². The molecular weight excluding hydrogens is 330 g/mol. The van der Waals surface area contributed by atoms with Crippen molar-refractivity contribution >= 4 is 33.4 Å². The van der Waals surface area contributed by atoms with Gasteiger partial charge in [0.25, 0.3) is 11.6 Å². The smallest absolute Gasteiger partial charge is 0.284 e. The van der Waals surface area contributed by atoms with Crippen molar-refractivity contribution in [1.29, 1.82) is 0 Å². The second-order valence-electron chi connectivity index (χ2n) is 4.45. The first-order valence-electron chi connectivity index (χ1n) is 5.96. The van der Waals surface area contributed by atoms with Crippen LogP contribution in [-0.4, -0.2) is 34.2 Å². The van der Waals surface area contributed by atoms with Crippen LogP contribution in [0.2, 0.25) is 0 Å². The Morgan fingerprint density at radius 3 is 2.75 bits per heavy atom. The van der Waals surface area contributed by atoms with E-state index in [1.54, 1.807) is 0 Å². The van der Waals surface area contributed by atoms with E-state index in [0.29, 0.717) is 19.4 Å². The Hall–Kier alpha value is -1.96. The first-order chi connectivity index (χ1) is 9.43. The molecule has 1 aliphatic rings. The highest BCUT2D eigenvalue weighted by atomic mass is 79.9. The summed E-state index contributed by atoms with van der Waals surface area (Å²) in [7, 11) is 0. The molecule has 7 nitrogen and oxygen atoms in total. The molecule has 1 unspecified atom stereocenters. The van der Waals surface area contributed by atoms with Crippen LogP contribution in [-0.2, 0) is 4.79 Å². The molecular formula is C12H12BrN3O4. The zero-order chi connectivity index (χ0) is 14.9. The number of halogens is 1. The van der Waals surface area contributed by atoms with E-state index in [1.807, 2.05) is 0 Å². The van der Waals surface area contributed by atoms with Crippen molar-refractivity contribution in [3.63, 3.8) is 0 Å². The number of amides is 2. The topological polar surface area (TPSA) is 107 Å². The van der Waals surface area contributed by atoms with Crippen molar-refractivity contribution in [2.75, 3.05) is 6.54 Å². The summed E-state index contributed by atoms with van der Waals surface area (Å²) in [6.45, 7) is 0.418. The van der Waals surface area contributed by atoms with Crippen LogP contribution in [0.15, 0.2) is 22.7 Å². The van der Waals surface area contributed by atoms with Gasteiger partial charge in [-0.1, -0.05) is 6.07 Å². The fourth-order valence-corrected chi connectivity index (χ4v) is 2.86. The van der Waals surface area contributed by atoms with Crippen molar-refractivity contribution in [3.05, 3.63) is 38.3 Å². The molecule has 0 bridgehead atoms. The van der Waals surface area contributed by atoms with Crippen molar-refractivity contribution in [3.8, 4) is 0 Å². The van der Waals surface area contributed by atoms with Gasteiger partial charge in [0.2, 0.25) is 5.91 Å². The second kappa shape index (κ2) is 5.58. The predicted octanol–water partition coefficient (Wildman–Crippen LogP) is 1.45. The molecule has 106 valence electrons. The fraction of sp³-hybridized carbons (Fsp3) is 0.333. The average Bonchev–Trinajstić information content (AvgIpc) is 2.87. The molecule has 0 aromatic heterocycles. The highest BCUT2D eigenvalue weighted by Gasteiger charge is 2.34. The third kappa shape index (κ3) is 2.51. The lowest BCUT2D eigenvalue weighted by Gasteiger charge is -2.22. The standard InChI is InChI=1S/C12H12BrN3O4/c13-10-7(3-1-4-8(10)16(19)20)12(18)15-6-2-5-9(15)11(14)17/h1,3-4,9H,2,5-6H2,(H2,14,17). The van der Waals surface area contributed by atoms with Crippen LogP contribution < -0.4 is 5.73 Å². The van der Waals surface area contributed by atoms with Gasteiger partial charge in [0, 0.05) is 12.6 Å². The van der Waals surface area contributed by atoms with E-state index >= 15 is 0 Å². The molecule has 1 fully saturated rings. The van der Waals surface area contributed by atoms with E-state index in [0.717, 1.165) is 0 Å². The van der Waals surface area contributed by atoms with E-state index in [-0.39, 0.29) is 15.7 Å². The number of nitro groups is 1. The maximum Gasteiger partial charge on any atom is 0.284 e. The molecule has 20 heavy (non-hydrogen) atoms. The molecule has 8 heteroatoms. The Labute approximate surface area is 123 Å². The molecule has 1 saturated heterocycles. The molecule has 1 aromatic rings. The highest BCUT2D eigenvalue weighted by Crippen LogP contribution is 2.30. The molecule has 0 saturated carbocycles. The lowest BCUT2D eigenvalue weighted by molar-refractivity contribution is -0.385.